The van der Waals surface area contributed by atoms with Gasteiger partial charge in [0.1, 0.15) is 0 Å². The Bertz CT molecular complexity index is 1040. The van der Waals surface area contributed by atoms with E-state index < -0.39 is 0 Å². The highest BCUT2D eigenvalue weighted by molar-refractivity contribution is 5.98. The summed E-state index contributed by atoms with van der Waals surface area (Å²) in [4.78, 5) is 15.1. The summed E-state index contributed by atoms with van der Waals surface area (Å²) in [6.07, 6.45) is 2.90. The van der Waals surface area contributed by atoms with Crippen LogP contribution in [0.2, 0.25) is 0 Å². The van der Waals surface area contributed by atoms with E-state index in [0.717, 1.165) is 34.2 Å². The van der Waals surface area contributed by atoms with Crippen molar-refractivity contribution in [2.75, 3.05) is 20.8 Å². The predicted molar refractivity (Wildman–Crippen MR) is 110 cm³/mol. The van der Waals surface area contributed by atoms with Gasteiger partial charge in [0.25, 0.3) is 5.91 Å². The molecule has 2 aromatic carbocycles. The maximum absolute atomic E-state index is 13.2. The summed E-state index contributed by atoms with van der Waals surface area (Å²) in [6, 6.07) is 12.4. The Morgan fingerprint density at radius 3 is 2.39 bits per heavy atom. The maximum atomic E-state index is 13.2. The highest BCUT2D eigenvalue weighted by Gasteiger charge is 2.24. The normalized spacial score (nSPS) is 13.7. The van der Waals surface area contributed by atoms with Gasteiger partial charge < -0.3 is 18.9 Å². The number of fused-ring (bicyclic) bond motifs is 2. The summed E-state index contributed by atoms with van der Waals surface area (Å²) in [6.45, 7) is 5.58. The van der Waals surface area contributed by atoms with E-state index in [0.29, 0.717) is 24.9 Å². The summed E-state index contributed by atoms with van der Waals surface area (Å²) < 4.78 is 13.0. The fourth-order valence-corrected chi connectivity index (χ4v) is 3.97. The van der Waals surface area contributed by atoms with Gasteiger partial charge in [0.05, 0.1) is 14.2 Å². The van der Waals surface area contributed by atoms with Crippen LogP contribution in [0.15, 0.2) is 42.6 Å². The first-order chi connectivity index (χ1) is 13.5. The van der Waals surface area contributed by atoms with E-state index in [4.69, 9.17) is 9.47 Å². The quantitative estimate of drug-likeness (QED) is 0.674. The van der Waals surface area contributed by atoms with Crippen molar-refractivity contribution < 1.29 is 14.3 Å². The molecule has 0 atom stereocenters. The van der Waals surface area contributed by atoms with Gasteiger partial charge in [-0.2, -0.15) is 0 Å². The number of aromatic nitrogens is 1. The zero-order valence-electron chi connectivity index (χ0n) is 16.9. The van der Waals surface area contributed by atoms with Crippen LogP contribution in [0.5, 0.6) is 11.5 Å². The smallest absolute Gasteiger partial charge is 0.254 e. The zero-order chi connectivity index (χ0) is 19.8. The van der Waals surface area contributed by atoms with E-state index in [2.05, 4.69) is 30.7 Å². The molecule has 0 N–H and O–H groups in total. The summed E-state index contributed by atoms with van der Waals surface area (Å²) >= 11 is 0. The number of nitrogens with zero attached hydrogens (tertiary/aromatic N) is 2. The summed E-state index contributed by atoms with van der Waals surface area (Å²) in [7, 11) is 3.28. The number of rotatable bonds is 4. The van der Waals surface area contributed by atoms with Crippen LogP contribution in [-0.2, 0) is 13.0 Å². The monoisotopic (exact) mass is 378 g/mol. The molecule has 5 heteroatoms. The van der Waals surface area contributed by atoms with Crippen molar-refractivity contribution in [2.45, 2.75) is 32.9 Å². The number of amides is 1. The Labute approximate surface area is 165 Å². The summed E-state index contributed by atoms with van der Waals surface area (Å²) in [5, 5.41) is 1.16. The molecule has 28 heavy (non-hydrogen) atoms. The minimum absolute atomic E-state index is 0.0684. The van der Waals surface area contributed by atoms with E-state index >= 15 is 0 Å². The van der Waals surface area contributed by atoms with E-state index in [1.54, 1.807) is 14.2 Å². The summed E-state index contributed by atoms with van der Waals surface area (Å²) in [5.41, 5.74) is 4.16. The van der Waals surface area contributed by atoms with Gasteiger partial charge in [0.2, 0.25) is 0 Å². The van der Waals surface area contributed by atoms with Crippen molar-refractivity contribution in [1.29, 1.82) is 0 Å². The predicted octanol–water partition coefficient (Wildman–Crippen LogP) is 4.44. The van der Waals surface area contributed by atoms with Crippen molar-refractivity contribution in [1.82, 2.24) is 9.47 Å². The highest BCUT2D eigenvalue weighted by atomic mass is 16.5. The SMILES string of the molecule is COc1cc2c(cc1OC)CN(C(=O)c1ccc3ccn(C(C)C)c3c1)CC2. The van der Waals surface area contributed by atoms with Gasteiger partial charge in [-0.1, -0.05) is 6.07 Å². The average Bonchev–Trinajstić information content (AvgIpc) is 3.15. The first-order valence-corrected chi connectivity index (χ1v) is 9.65. The lowest BCUT2D eigenvalue weighted by Gasteiger charge is -2.29. The number of benzene rings is 2. The van der Waals surface area contributed by atoms with E-state index in [1.807, 2.05) is 35.2 Å². The molecule has 4 rings (SSSR count). The number of hydrogen-bond acceptors (Lipinski definition) is 3. The lowest BCUT2D eigenvalue weighted by molar-refractivity contribution is 0.0734. The van der Waals surface area contributed by atoms with Gasteiger partial charge in [-0.25, -0.2) is 0 Å². The summed E-state index contributed by atoms with van der Waals surface area (Å²) in [5.74, 6) is 1.51. The molecule has 1 amide bonds. The highest BCUT2D eigenvalue weighted by Crippen LogP contribution is 2.33. The third-order valence-corrected chi connectivity index (χ3v) is 5.53. The van der Waals surface area contributed by atoms with Gasteiger partial charge >= 0.3 is 0 Å². The Morgan fingerprint density at radius 1 is 1.00 bits per heavy atom. The number of carbonyl (C=O) groups excluding carboxylic acids is 1. The van der Waals surface area contributed by atoms with Crippen molar-refractivity contribution in [3.63, 3.8) is 0 Å². The second kappa shape index (κ2) is 7.23. The van der Waals surface area contributed by atoms with Gasteiger partial charge in [-0.15, -0.1) is 0 Å². The Morgan fingerprint density at radius 2 is 1.71 bits per heavy atom. The van der Waals surface area contributed by atoms with Crippen LogP contribution < -0.4 is 9.47 Å². The van der Waals surface area contributed by atoms with Crippen LogP contribution >= 0.6 is 0 Å². The minimum Gasteiger partial charge on any atom is -0.493 e. The molecule has 0 bridgehead atoms. The number of ether oxygens (including phenoxy) is 2. The van der Waals surface area contributed by atoms with E-state index in [1.165, 1.54) is 5.56 Å². The van der Waals surface area contributed by atoms with Crippen molar-refractivity contribution in [3.8, 4) is 11.5 Å². The Kier molecular flexibility index (Phi) is 4.75. The molecule has 1 aromatic heterocycles. The molecule has 0 saturated heterocycles. The second-order valence-corrected chi connectivity index (χ2v) is 7.54. The van der Waals surface area contributed by atoms with Crippen molar-refractivity contribution >= 4 is 16.8 Å². The molecule has 3 aromatic rings. The molecule has 146 valence electrons. The largest absolute Gasteiger partial charge is 0.493 e. The van der Waals surface area contributed by atoms with Crippen LogP contribution in [0.3, 0.4) is 0 Å². The third-order valence-electron chi connectivity index (χ3n) is 5.53. The molecule has 0 radical (unpaired) electrons. The first kappa shape index (κ1) is 18.4. The lowest BCUT2D eigenvalue weighted by atomic mass is 9.98. The van der Waals surface area contributed by atoms with Gasteiger partial charge in [0.15, 0.2) is 11.5 Å². The molecule has 1 aliphatic heterocycles. The van der Waals surface area contributed by atoms with Crippen LogP contribution in [0, 0.1) is 0 Å². The first-order valence-electron chi connectivity index (χ1n) is 9.65. The Balaban J connectivity index is 1.63. The van der Waals surface area contributed by atoms with Crippen LogP contribution in [0.4, 0.5) is 0 Å². The number of carbonyl (C=O) groups is 1. The fourth-order valence-electron chi connectivity index (χ4n) is 3.97. The molecule has 0 spiro atoms. The molecule has 5 nitrogen and oxygen atoms in total. The second-order valence-electron chi connectivity index (χ2n) is 7.54. The zero-order valence-corrected chi connectivity index (χ0v) is 16.9. The lowest BCUT2D eigenvalue weighted by Crippen LogP contribution is -2.36. The molecule has 0 unspecified atom stereocenters. The molecule has 0 aliphatic carbocycles. The molecule has 0 fully saturated rings. The minimum atomic E-state index is 0.0684. The maximum Gasteiger partial charge on any atom is 0.254 e. The van der Waals surface area contributed by atoms with E-state index in [-0.39, 0.29) is 5.91 Å². The number of methoxy groups -OCH3 is 2. The topological polar surface area (TPSA) is 43.7 Å². The van der Waals surface area contributed by atoms with Crippen LogP contribution in [-0.4, -0.2) is 36.1 Å². The number of hydrogen-bond donors (Lipinski definition) is 0. The fraction of sp³-hybridized carbons (Fsp3) is 0.348. The molecule has 1 aliphatic rings. The van der Waals surface area contributed by atoms with Crippen molar-refractivity contribution in [2.24, 2.45) is 0 Å². The average molecular weight is 378 g/mol. The Hall–Kier alpha value is -2.95. The van der Waals surface area contributed by atoms with E-state index in [9.17, 15) is 4.79 Å². The molecular formula is C23H26N2O3. The third kappa shape index (κ3) is 3.11. The molecular weight excluding hydrogens is 352 g/mol. The molecule has 2 heterocycles. The molecule has 0 saturated carbocycles. The standard InChI is InChI=1S/C23H26N2O3/c1-15(2)25-10-8-16-5-6-18(11-20(16)25)23(26)24-9-7-17-12-21(27-3)22(28-4)13-19(17)14-24/h5-6,8,10-13,15H,7,9,14H2,1-4H3. The van der Waals surface area contributed by atoms with Crippen LogP contribution in [0.25, 0.3) is 10.9 Å². The van der Waals surface area contributed by atoms with Crippen molar-refractivity contribution in [3.05, 3.63) is 59.3 Å². The van der Waals surface area contributed by atoms with Gasteiger partial charge in [-0.3, -0.25) is 4.79 Å². The van der Waals surface area contributed by atoms with Gasteiger partial charge in [-0.05, 0) is 67.1 Å². The van der Waals surface area contributed by atoms with Gasteiger partial charge in [0, 0.05) is 36.4 Å². The van der Waals surface area contributed by atoms with Crippen LogP contribution in [0.1, 0.15) is 41.4 Å².